The summed E-state index contributed by atoms with van der Waals surface area (Å²) in [6, 6.07) is 8.22. The number of nitrogens with one attached hydrogen (secondary N) is 1. The molecule has 0 aliphatic carbocycles. The number of allylic oxidation sites excluding steroid dienone is 1. The molecule has 0 saturated carbocycles. The molecule has 3 N–H and O–H groups in total. The smallest absolute Gasteiger partial charge is 0.409 e. The average Bonchev–Trinajstić information content (AvgIpc) is 2.96. The van der Waals surface area contributed by atoms with Gasteiger partial charge in [0.1, 0.15) is 0 Å². The number of aryl methyl sites for hydroxylation is 2. The molecule has 1 fully saturated rings. The van der Waals surface area contributed by atoms with Crippen LogP contribution in [0, 0.1) is 12.8 Å². The summed E-state index contributed by atoms with van der Waals surface area (Å²) in [6.45, 7) is 5.46. The van der Waals surface area contributed by atoms with Crippen LogP contribution in [0.5, 0.6) is 0 Å². The van der Waals surface area contributed by atoms with Crippen molar-refractivity contribution in [3.63, 3.8) is 0 Å². The highest BCUT2D eigenvalue weighted by molar-refractivity contribution is 8.04. The van der Waals surface area contributed by atoms with Crippen molar-refractivity contribution in [2.75, 3.05) is 19.7 Å². The highest BCUT2D eigenvalue weighted by Crippen LogP contribution is 2.43. The highest BCUT2D eigenvalue weighted by atomic mass is 32.2. The molecule has 0 radical (unpaired) electrons. The lowest BCUT2D eigenvalue weighted by atomic mass is 9.94. The minimum atomic E-state index is -0.272. The number of amides is 2. The Hall–Kier alpha value is -2.15. The molecule has 3 rings (SSSR count). The Labute approximate surface area is 164 Å². The minimum Gasteiger partial charge on any atom is -0.450 e. The predicted octanol–water partition coefficient (Wildman–Crippen LogP) is 2.77. The van der Waals surface area contributed by atoms with Crippen LogP contribution in [0.3, 0.4) is 0 Å². The van der Waals surface area contributed by atoms with Crippen LogP contribution in [0.25, 0.3) is 0 Å². The molecule has 2 unspecified atom stereocenters. The summed E-state index contributed by atoms with van der Waals surface area (Å²) in [4.78, 5) is 26.0. The molecule has 7 heteroatoms. The Bertz CT molecular complexity index is 732. The maximum absolute atomic E-state index is 12.3. The molecule has 27 heavy (non-hydrogen) atoms. The first-order valence-corrected chi connectivity index (χ1v) is 10.3. The van der Waals surface area contributed by atoms with Gasteiger partial charge in [-0.3, -0.25) is 4.79 Å². The normalized spacial score (nSPS) is 21.8. The van der Waals surface area contributed by atoms with E-state index in [1.54, 1.807) is 23.6 Å². The molecule has 2 aliphatic rings. The lowest BCUT2D eigenvalue weighted by Gasteiger charge is -2.34. The van der Waals surface area contributed by atoms with Crippen LogP contribution in [0.15, 0.2) is 35.0 Å². The first-order valence-electron chi connectivity index (χ1n) is 9.41. The van der Waals surface area contributed by atoms with Gasteiger partial charge < -0.3 is 20.7 Å². The van der Waals surface area contributed by atoms with Gasteiger partial charge in [-0.1, -0.05) is 29.8 Å². The average molecular weight is 390 g/mol. The van der Waals surface area contributed by atoms with Gasteiger partial charge in [0, 0.05) is 36.4 Å². The van der Waals surface area contributed by atoms with E-state index in [9.17, 15) is 9.59 Å². The Morgan fingerprint density at radius 3 is 2.78 bits per heavy atom. The topological polar surface area (TPSA) is 84.7 Å². The quantitative estimate of drug-likeness (QED) is 0.809. The summed E-state index contributed by atoms with van der Waals surface area (Å²) in [7, 11) is 0. The molecular formula is C20H27N3O3S. The Morgan fingerprint density at radius 2 is 2.07 bits per heavy atom. The van der Waals surface area contributed by atoms with E-state index in [0.29, 0.717) is 32.5 Å². The van der Waals surface area contributed by atoms with Crippen molar-refractivity contribution in [2.45, 2.75) is 38.4 Å². The number of carbonyl (C=O) groups is 2. The van der Waals surface area contributed by atoms with Crippen molar-refractivity contribution < 1.29 is 14.3 Å². The highest BCUT2D eigenvalue weighted by Gasteiger charge is 2.40. The zero-order chi connectivity index (χ0) is 19.4. The number of piperidine rings is 1. The number of benzene rings is 1. The Balaban J connectivity index is 1.52. The summed E-state index contributed by atoms with van der Waals surface area (Å²) in [5.74, 6) is 0.176. The number of rotatable bonds is 5. The zero-order valence-corrected chi connectivity index (χ0v) is 16.7. The van der Waals surface area contributed by atoms with E-state index in [0.717, 1.165) is 22.7 Å². The molecule has 0 spiro atoms. The van der Waals surface area contributed by atoms with Crippen LogP contribution >= 0.6 is 11.8 Å². The minimum absolute atomic E-state index is 0.0260. The number of nitrogens with two attached hydrogens (primary N) is 1. The third kappa shape index (κ3) is 4.77. The lowest BCUT2D eigenvalue weighted by Crippen LogP contribution is -2.45. The van der Waals surface area contributed by atoms with Crippen molar-refractivity contribution in [2.24, 2.45) is 11.7 Å². The number of hydrogen-bond donors (Lipinski definition) is 2. The number of nitrogens with zero attached hydrogens (tertiary/aromatic N) is 1. The van der Waals surface area contributed by atoms with Crippen LogP contribution in [0.1, 0.15) is 30.9 Å². The van der Waals surface area contributed by atoms with E-state index in [4.69, 9.17) is 10.5 Å². The van der Waals surface area contributed by atoms with Crippen molar-refractivity contribution in [1.82, 2.24) is 10.2 Å². The molecular weight excluding hydrogens is 362 g/mol. The first-order chi connectivity index (χ1) is 13.0. The second kappa shape index (κ2) is 8.69. The number of hydrogen-bond acceptors (Lipinski definition) is 5. The van der Waals surface area contributed by atoms with E-state index in [1.165, 1.54) is 5.56 Å². The van der Waals surface area contributed by atoms with Crippen LogP contribution < -0.4 is 11.1 Å². The van der Waals surface area contributed by atoms with Gasteiger partial charge in [-0.2, -0.15) is 0 Å². The molecule has 2 heterocycles. The van der Waals surface area contributed by atoms with Crippen molar-refractivity contribution in [3.8, 4) is 0 Å². The number of fused-ring (bicyclic) bond motifs is 1. The van der Waals surface area contributed by atoms with Crippen LogP contribution in [0.2, 0.25) is 0 Å². The molecule has 2 atom stereocenters. The number of likely N-dealkylation sites (tertiary alicyclic amines) is 1. The van der Waals surface area contributed by atoms with Gasteiger partial charge in [0.2, 0.25) is 5.91 Å². The third-order valence-corrected chi connectivity index (χ3v) is 6.38. The largest absolute Gasteiger partial charge is 0.450 e. The molecule has 1 aromatic carbocycles. The Kier molecular flexibility index (Phi) is 6.31. The molecule has 6 nitrogen and oxygen atoms in total. The van der Waals surface area contributed by atoms with Crippen LogP contribution in [0.4, 0.5) is 4.79 Å². The maximum Gasteiger partial charge on any atom is 0.409 e. The van der Waals surface area contributed by atoms with Gasteiger partial charge in [-0.05, 0) is 32.3 Å². The fourth-order valence-electron chi connectivity index (χ4n) is 3.46. The zero-order valence-electron chi connectivity index (χ0n) is 15.9. The molecule has 2 aliphatic heterocycles. The molecule has 0 bridgehead atoms. The summed E-state index contributed by atoms with van der Waals surface area (Å²) < 4.78 is 5.09. The molecule has 146 valence electrons. The van der Waals surface area contributed by atoms with Gasteiger partial charge in [-0.25, -0.2) is 4.79 Å². The summed E-state index contributed by atoms with van der Waals surface area (Å²) in [5, 5.41) is 3.91. The van der Waals surface area contributed by atoms with Gasteiger partial charge in [0.25, 0.3) is 0 Å². The van der Waals surface area contributed by atoms with Crippen molar-refractivity contribution in [1.29, 1.82) is 0 Å². The predicted molar refractivity (Wildman–Crippen MR) is 107 cm³/mol. The summed E-state index contributed by atoms with van der Waals surface area (Å²) in [6.07, 6.45) is 1.65. The third-order valence-electron chi connectivity index (χ3n) is 5.03. The number of ether oxygens (including phenoxy) is 1. The molecule has 2 amide bonds. The number of thioether (sulfide) groups is 1. The molecule has 1 aromatic rings. The monoisotopic (exact) mass is 389 g/mol. The van der Waals surface area contributed by atoms with Gasteiger partial charge in [-0.15, -0.1) is 11.8 Å². The lowest BCUT2D eigenvalue weighted by molar-refractivity contribution is -0.120. The van der Waals surface area contributed by atoms with Gasteiger partial charge in [0.15, 0.2) is 0 Å². The molecule has 1 saturated heterocycles. The van der Waals surface area contributed by atoms with E-state index in [1.807, 2.05) is 6.92 Å². The van der Waals surface area contributed by atoms with Crippen molar-refractivity contribution in [3.05, 3.63) is 46.1 Å². The Morgan fingerprint density at radius 1 is 1.33 bits per heavy atom. The number of carbonyl (C=O) groups excluding carboxylic acids is 2. The van der Waals surface area contributed by atoms with Gasteiger partial charge in [0.05, 0.1) is 11.6 Å². The fourth-order valence-corrected chi connectivity index (χ4v) is 4.93. The summed E-state index contributed by atoms with van der Waals surface area (Å²) in [5.41, 5.74) is 9.40. The second-order valence-corrected chi connectivity index (χ2v) is 8.26. The second-order valence-electron chi connectivity index (χ2n) is 7.01. The van der Waals surface area contributed by atoms with E-state index in [2.05, 4.69) is 29.6 Å². The summed E-state index contributed by atoms with van der Waals surface area (Å²) >= 11 is 1.57. The maximum atomic E-state index is 12.3. The van der Waals surface area contributed by atoms with E-state index >= 15 is 0 Å². The standard InChI is InChI=1S/C20H27N3O3S/c1-3-26-20(25)23-11-10-15-16(12-23)27-19(18(15)21)22-17(24)9-8-14-6-4-13(2)5-7-14/h4-7,15-16H,3,8-12,21H2,1-2H3,(H,22,24). The SMILES string of the molecule is CCOC(=O)N1CCC2C(N)=C(NC(=O)CCc3ccc(C)cc3)SC2C1. The van der Waals surface area contributed by atoms with E-state index < -0.39 is 0 Å². The fraction of sp³-hybridized carbons (Fsp3) is 0.500. The first kappa shape index (κ1) is 19.6. The molecule has 0 aromatic heterocycles. The van der Waals surface area contributed by atoms with Crippen molar-refractivity contribution >= 4 is 23.8 Å². The van der Waals surface area contributed by atoms with Gasteiger partial charge >= 0.3 is 6.09 Å². The van der Waals surface area contributed by atoms with Crippen LogP contribution in [-0.2, 0) is 16.0 Å². The van der Waals surface area contributed by atoms with E-state index in [-0.39, 0.29) is 23.2 Å². The van der Waals surface area contributed by atoms with Crippen LogP contribution in [-0.4, -0.2) is 41.8 Å².